The Labute approximate surface area is 221 Å². The maximum absolute atomic E-state index is 13.7. The first kappa shape index (κ1) is 25.0. The van der Waals surface area contributed by atoms with E-state index in [-0.39, 0.29) is 29.4 Å². The third-order valence-corrected chi connectivity index (χ3v) is 7.51. The minimum Gasteiger partial charge on any atom is -0.348 e. The molecule has 3 aromatic rings. The molecule has 2 aliphatic rings. The Kier molecular flexibility index (Phi) is 6.79. The zero-order valence-corrected chi connectivity index (χ0v) is 21.9. The van der Waals surface area contributed by atoms with E-state index in [0.717, 1.165) is 22.5 Å². The second-order valence-electron chi connectivity index (χ2n) is 9.94. The van der Waals surface area contributed by atoms with E-state index in [1.54, 1.807) is 4.90 Å². The molecule has 0 N–H and O–H groups in total. The van der Waals surface area contributed by atoms with Gasteiger partial charge in [-0.3, -0.25) is 19.3 Å². The fourth-order valence-corrected chi connectivity index (χ4v) is 5.39. The molecule has 0 bridgehead atoms. The molecule has 1 saturated heterocycles. The number of carbonyl (C=O) groups is 3. The summed E-state index contributed by atoms with van der Waals surface area (Å²) < 4.78 is 6.11. The third-order valence-electron chi connectivity index (χ3n) is 6.70. The number of hydrogen-bond donors (Lipinski definition) is 0. The Balaban J connectivity index is 1.39. The molecule has 37 heavy (non-hydrogen) atoms. The van der Waals surface area contributed by atoms with Gasteiger partial charge in [-0.25, -0.2) is 0 Å². The fourth-order valence-electron chi connectivity index (χ4n) is 4.64. The molecule has 1 unspecified atom stereocenters. The highest BCUT2D eigenvalue weighted by Gasteiger charge is 2.44. The predicted octanol–water partition coefficient (Wildman–Crippen LogP) is 5.56. The Morgan fingerprint density at radius 3 is 2.32 bits per heavy atom. The van der Waals surface area contributed by atoms with Crippen molar-refractivity contribution in [2.75, 3.05) is 18.2 Å². The van der Waals surface area contributed by atoms with E-state index < -0.39 is 11.8 Å². The van der Waals surface area contributed by atoms with Crippen LogP contribution in [0.15, 0.2) is 78.9 Å². The van der Waals surface area contributed by atoms with Crippen molar-refractivity contribution in [3.63, 3.8) is 0 Å². The summed E-state index contributed by atoms with van der Waals surface area (Å²) in [5.41, 5.74) is 3.60. The maximum atomic E-state index is 13.7. The van der Waals surface area contributed by atoms with Crippen molar-refractivity contribution in [3.05, 3.63) is 95.6 Å². The van der Waals surface area contributed by atoms with Crippen molar-refractivity contribution in [1.82, 2.24) is 9.80 Å². The quantitative estimate of drug-likeness (QED) is 0.410. The van der Waals surface area contributed by atoms with Gasteiger partial charge in [-0.1, -0.05) is 60.2 Å². The van der Waals surface area contributed by atoms with Gasteiger partial charge in [0.2, 0.25) is 11.3 Å². The molecular weight excluding hydrogens is 486 g/mol. The van der Waals surface area contributed by atoms with Crippen LogP contribution in [-0.2, 0) is 16.1 Å². The van der Waals surface area contributed by atoms with Gasteiger partial charge in [-0.15, -0.1) is 0 Å². The van der Waals surface area contributed by atoms with Crippen LogP contribution in [0.4, 0.5) is 16.2 Å². The Morgan fingerprint density at radius 2 is 1.62 bits per heavy atom. The van der Waals surface area contributed by atoms with Gasteiger partial charge < -0.3 is 14.5 Å². The lowest BCUT2D eigenvalue weighted by atomic mass is 9.98. The van der Waals surface area contributed by atoms with Crippen LogP contribution in [0.25, 0.3) is 0 Å². The number of anilines is 2. The van der Waals surface area contributed by atoms with E-state index >= 15 is 0 Å². The van der Waals surface area contributed by atoms with Crippen LogP contribution in [-0.4, -0.2) is 51.1 Å². The number of hydrogen-bond acceptors (Lipinski definition) is 6. The second kappa shape index (κ2) is 10.0. The first-order valence-electron chi connectivity index (χ1n) is 12.2. The van der Waals surface area contributed by atoms with Crippen LogP contribution in [0.5, 0.6) is 0 Å². The van der Waals surface area contributed by atoms with Crippen molar-refractivity contribution in [2.45, 2.75) is 39.1 Å². The average molecular weight is 516 g/mol. The van der Waals surface area contributed by atoms with Gasteiger partial charge in [0.25, 0.3) is 11.1 Å². The molecule has 7 nitrogen and oxygen atoms in total. The summed E-state index contributed by atoms with van der Waals surface area (Å²) in [4.78, 5) is 44.3. The highest BCUT2D eigenvalue weighted by atomic mass is 32.2. The molecule has 3 aromatic carbocycles. The van der Waals surface area contributed by atoms with Gasteiger partial charge in [0, 0.05) is 24.0 Å². The van der Waals surface area contributed by atoms with Gasteiger partial charge in [-0.05, 0) is 50.6 Å². The monoisotopic (exact) mass is 515 g/mol. The molecule has 190 valence electrons. The number of rotatable bonds is 7. The summed E-state index contributed by atoms with van der Waals surface area (Å²) >= 11 is 0.667. The molecule has 0 aliphatic carbocycles. The zero-order chi connectivity index (χ0) is 26.2. The lowest BCUT2D eigenvalue weighted by Gasteiger charge is -2.46. The molecule has 0 radical (unpaired) electrons. The van der Waals surface area contributed by atoms with Crippen LogP contribution in [0.3, 0.4) is 0 Å². The number of amides is 2. The summed E-state index contributed by atoms with van der Waals surface area (Å²) in [5, 5.41) is -0.668. The number of thioether (sulfide) groups is 1. The molecule has 0 spiro atoms. The number of ether oxygens (including phenoxy) is 1. The van der Waals surface area contributed by atoms with Gasteiger partial charge in [0.15, 0.2) is 0 Å². The number of aryl methyl sites for hydroxylation is 1. The number of carbonyl (C=O) groups excluding carboxylic acids is 3. The summed E-state index contributed by atoms with van der Waals surface area (Å²) in [5.74, 6) is -0.0937. The second-order valence-corrected chi connectivity index (χ2v) is 10.9. The van der Waals surface area contributed by atoms with E-state index in [1.807, 2.05) is 99.6 Å². The number of fused-ring (bicyclic) bond motifs is 1. The van der Waals surface area contributed by atoms with Crippen molar-refractivity contribution in [2.24, 2.45) is 0 Å². The molecule has 1 fully saturated rings. The summed E-state index contributed by atoms with van der Waals surface area (Å²) in [6, 6.07) is 25.3. The highest BCUT2D eigenvalue weighted by molar-refractivity contribution is 8.26. The van der Waals surface area contributed by atoms with Gasteiger partial charge >= 0.3 is 0 Å². The Bertz CT molecular complexity index is 1330. The van der Waals surface area contributed by atoms with Crippen LogP contribution < -0.4 is 4.90 Å². The Morgan fingerprint density at radius 1 is 0.946 bits per heavy atom. The van der Waals surface area contributed by atoms with Crippen LogP contribution in [0.1, 0.15) is 35.3 Å². The standard InChI is InChI=1S/C29H29N3O4S/c1-20-14-15-24-23(16-20)25(33)32(19-31(24)22-12-8-5-9-13-22)29(2,3)18-36-26-27(34)37-28(35)30(26)17-21-10-6-4-7-11-21/h4-16,26H,17-19H2,1-3H3. The third kappa shape index (κ3) is 4.99. The molecule has 2 aliphatic heterocycles. The molecule has 2 amide bonds. The van der Waals surface area contributed by atoms with Gasteiger partial charge in [0.1, 0.15) is 0 Å². The van der Waals surface area contributed by atoms with Gasteiger partial charge in [-0.2, -0.15) is 0 Å². The molecule has 5 rings (SSSR count). The minimum atomic E-state index is -1.00. The molecule has 0 aromatic heterocycles. The highest BCUT2D eigenvalue weighted by Crippen LogP contribution is 2.37. The zero-order valence-electron chi connectivity index (χ0n) is 21.1. The SMILES string of the molecule is Cc1ccc2c(c1)C(=O)N(C(C)(C)COC1C(=O)SC(=O)N1Cc1ccccc1)CN2c1ccccc1. The first-order chi connectivity index (χ1) is 17.7. The van der Waals surface area contributed by atoms with E-state index in [1.165, 1.54) is 4.90 Å². The van der Waals surface area contributed by atoms with E-state index in [2.05, 4.69) is 4.90 Å². The molecular formula is C29H29N3O4S. The van der Waals surface area contributed by atoms with E-state index in [9.17, 15) is 14.4 Å². The van der Waals surface area contributed by atoms with Crippen LogP contribution in [0.2, 0.25) is 0 Å². The summed E-state index contributed by atoms with van der Waals surface area (Å²) in [7, 11) is 0. The lowest BCUT2D eigenvalue weighted by molar-refractivity contribution is -0.133. The number of benzene rings is 3. The summed E-state index contributed by atoms with van der Waals surface area (Å²) in [6.45, 7) is 6.50. The lowest BCUT2D eigenvalue weighted by Crippen LogP contribution is -2.57. The normalized spacial score (nSPS) is 18.0. The topological polar surface area (TPSA) is 70.2 Å². The van der Waals surface area contributed by atoms with Gasteiger partial charge in [0.05, 0.1) is 30.1 Å². The predicted molar refractivity (Wildman–Crippen MR) is 145 cm³/mol. The smallest absolute Gasteiger partial charge is 0.292 e. The molecule has 8 heteroatoms. The van der Waals surface area contributed by atoms with Crippen molar-refractivity contribution < 1.29 is 19.1 Å². The average Bonchev–Trinajstić information content (AvgIpc) is 3.16. The van der Waals surface area contributed by atoms with Crippen molar-refractivity contribution >= 4 is 39.4 Å². The fraction of sp³-hybridized carbons (Fsp3) is 0.276. The molecule has 0 saturated carbocycles. The largest absolute Gasteiger partial charge is 0.348 e. The van der Waals surface area contributed by atoms with Crippen molar-refractivity contribution in [1.29, 1.82) is 0 Å². The first-order valence-corrected chi connectivity index (χ1v) is 13.0. The summed E-state index contributed by atoms with van der Waals surface area (Å²) in [6.07, 6.45) is -1.00. The Hall–Kier alpha value is -3.62. The van der Waals surface area contributed by atoms with Crippen molar-refractivity contribution in [3.8, 4) is 0 Å². The molecule has 2 heterocycles. The maximum Gasteiger partial charge on any atom is 0.292 e. The van der Waals surface area contributed by atoms with Crippen LogP contribution >= 0.6 is 11.8 Å². The number of nitrogens with zero attached hydrogens (tertiary/aromatic N) is 3. The minimum absolute atomic E-state index is 0.0814. The van der Waals surface area contributed by atoms with E-state index in [0.29, 0.717) is 24.0 Å². The van der Waals surface area contributed by atoms with Crippen LogP contribution in [0, 0.1) is 6.92 Å². The molecule has 1 atom stereocenters. The van der Waals surface area contributed by atoms with E-state index in [4.69, 9.17) is 4.74 Å². The number of para-hydroxylation sites is 1.